The molecule has 1 aromatic rings. The van der Waals surface area contributed by atoms with Crippen LogP contribution >= 0.6 is 0 Å². The van der Waals surface area contributed by atoms with Crippen molar-refractivity contribution in [3.8, 4) is 5.75 Å². The van der Waals surface area contributed by atoms with Gasteiger partial charge in [-0.05, 0) is 38.9 Å². The van der Waals surface area contributed by atoms with E-state index in [4.69, 9.17) is 10.5 Å². The SMILES string of the molecule is CN1CCCC1CCOc1cnccc1CN. The average Bonchev–Trinajstić information content (AvgIpc) is 2.76. The molecule has 2 N–H and O–H groups in total. The Morgan fingerprint density at radius 1 is 1.59 bits per heavy atom. The number of ether oxygens (including phenoxy) is 1. The molecule has 1 saturated heterocycles. The highest BCUT2D eigenvalue weighted by atomic mass is 16.5. The minimum Gasteiger partial charge on any atom is -0.492 e. The number of nitrogens with two attached hydrogens (primary N) is 1. The first kappa shape index (κ1) is 12.3. The van der Waals surface area contributed by atoms with Gasteiger partial charge >= 0.3 is 0 Å². The van der Waals surface area contributed by atoms with Crippen molar-refractivity contribution in [1.82, 2.24) is 9.88 Å². The van der Waals surface area contributed by atoms with Crippen LogP contribution in [0.25, 0.3) is 0 Å². The monoisotopic (exact) mass is 235 g/mol. The summed E-state index contributed by atoms with van der Waals surface area (Å²) in [5.41, 5.74) is 6.68. The second kappa shape index (κ2) is 5.98. The van der Waals surface area contributed by atoms with Gasteiger partial charge in [-0.25, -0.2) is 0 Å². The first-order valence-electron chi connectivity index (χ1n) is 6.27. The molecule has 4 heteroatoms. The number of likely N-dealkylation sites (tertiary alicyclic amines) is 1. The van der Waals surface area contributed by atoms with Crippen LogP contribution in [-0.2, 0) is 6.54 Å². The van der Waals surface area contributed by atoms with Crippen LogP contribution in [0.5, 0.6) is 5.75 Å². The molecule has 94 valence electrons. The topological polar surface area (TPSA) is 51.4 Å². The molecule has 0 radical (unpaired) electrons. The second-order valence-corrected chi connectivity index (χ2v) is 4.60. The molecule has 0 saturated carbocycles. The van der Waals surface area contributed by atoms with Crippen molar-refractivity contribution in [3.05, 3.63) is 24.0 Å². The fraction of sp³-hybridized carbons (Fsp3) is 0.615. The van der Waals surface area contributed by atoms with Crippen molar-refractivity contribution in [1.29, 1.82) is 0 Å². The van der Waals surface area contributed by atoms with Gasteiger partial charge in [-0.1, -0.05) is 0 Å². The second-order valence-electron chi connectivity index (χ2n) is 4.60. The Balaban J connectivity index is 1.81. The van der Waals surface area contributed by atoms with E-state index in [9.17, 15) is 0 Å². The van der Waals surface area contributed by atoms with Gasteiger partial charge in [0.15, 0.2) is 0 Å². The van der Waals surface area contributed by atoms with Crippen LogP contribution in [0.3, 0.4) is 0 Å². The summed E-state index contributed by atoms with van der Waals surface area (Å²) in [6.45, 7) is 2.46. The Labute approximate surface area is 103 Å². The number of rotatable bonds is 5. The standard InChI is InChI=1S/C13H21N3O/c1-16-7-2-3-12(16)5-8-17-13-10-15-6-4-11(13)9-14/h4,6,10,12H,2-3,5,7-9,14H2,1H3. The van der Waals surface area contributed by atoms with Crippen molar-refractivity contribution < 1.29 is 4.74 Å². The molecule has 17 heavy (non-hydrogen) atoms. The zero-order valence-corrected chi connectivity index (χ0v) is 10.4. The number of hydrogen-bond acceptors (Lipinski definition) is 4. The molecule has 1 aromatic heterocycles. The van der Waals surface area contributed by atoms with E-state index in [1.165, 1.54) is 19.4 Å². The molecule has 1 aliphatic rings. The first-order chi connectivity index (χ1) is 8.31. The third-order valence-electron chi connectivity index (χ3n) is 3.47. The summed E-state index contributed by atoms with van der Waals surface area (Å²) in [4.78, 5) is 6.48. The van der Waals surface area contributed by atoms with Crippen molar-refractivity contribution in [2.45, 2.75) is 31.8 Å². The van der Waals surface area contributed by atoms with E-state index < -0.39 is 0 Å². The Bertz CT molecular complexity index is 356. The minimum atomic E-state index is 0.501. The highest BCUT2D eigenvalue weighted by Crippen LogP contribution is 2.20. The van der Waals surface area contributed by atoms with Crippen molar-refractivity contribution in [3.63, 3.8) is 0 Å². The van der Waals surface area contributed by atoms with Crippen molar-refractivity contribution in [2.24, 2.45) is 5.73 Å². The Morgan fingerprint density at radius 2 is 2.47 bits per heavy atom. The van der Waals surface area contributed by atoms with Gasteiger partial charge in [0.05, 0.1) is 12.8 Å². The molecule has 4 nitrogen and oxygen atoms in total. The van der Waals surface area contributed by atoms with E-state index in [2.05, 4.69) is 16.9 Å². The zero-order chi connectivity index (χ0) is 12.1. The predicted molar refractivity (Wildman–Crippen MR) is 67.9 cm³/mol. The van der Waals surface area contributed by atoms with Gasteiger partial charge in [0.25, 0.3) is 0 Å². The summed E-state index contributed by atoms with van der Waals surface area (Å²) in [6, 6.07) is 2.59. The van der Waals surface area contributed by atoms with Crippen LogP contribution in [0.15, 0.2) is 18.5 Å². The van der Waals surface area contributed by atoms with Crippen LogP contribution < -0.4 is 10.5 Å². The van der Waals surface area contributed by atoms with E-state index in [-0.39, 0.29) is 0 Å². The van der Waals surface area contributed by atoms with E-state index in [1.807, 2.05) is 6.07 Å². The predicted octanol–water partition coefficient (Wildman–Crippen LogP) is 1.40. The molecule has 1 aliphatic heterocycles. The average molecular weight is 235 g/mol. The Morgan fingerprint density at radius 3 is 3.18 bits per heavy atom. The van der Waals surface area contributed by atoms with E-state index >= 15 is 0 Å². The third kappa shape index (κ3) is 3.17. The quantitative estimate of drug-likeness (QED) is 0.838. The van der Waals surface area contributed by atoms with Gasteiger partial charge < -0.3 is 15.4 Å². The minimum absolute atomic E-state index is 0.501. The summed E-state index contributed by atoms with van der Waals surface area (Å²) < 4.78 is 5.77. The van der Waals surface area contributed by atoms with Gasteiger partial charge in [0, 0.05) is 24.3 Å². The maximum absolute atomic E-state index is 5.77. The molecule has 2 rings (SSSR count). The molecule has 1 unspecified atom stereocenters. The highest BCUT2D eigenvalue weighted by Gasteiger charge is 2.20. The van der Waals surface area contributed by atoms with E-state index in [0.717, 1.165) is 24.3 Å². The molecule has 0 bridgehead atoms. The molecule has 1 atom stereocenters. The fourth-order valence-electron chi connectivity index (χ4n) is 2.36. The molecule has 0 spiro atoms. The molecule has 0 amide bonds. The van der Waals surface area contributed by atoms with Crippen LogP contribution in [0.2, 0.25) is 0 Å². The van der Waals surface area contributed by atoms with E-state index in [0.29, 0.717) is 12.6 Å². The first-order valence-corrected chi connectivity index (χ1v) is 6.27. The van der Waals surface area contributed by atoms with Gasteiger partial charge in [-0.3, -0.25) is 4.98 Å². The van der Waals surface area contributed by atoms with Crippen LogP contribution in [0.4, 0.5) is 0 Å². The van der Waals surface area contributed by atoms with Crippen LogP contribution in [0, 0.1) is 0 Å². The summed E-state index contributed by atoms with van der Waals surface area (Å²) in [6.07, 6.45) is 7.18. The summed E-state index contributed by atoms with van der Waals surface area (Å²) in [5, 5.41) is 0. The maximum Gasteiger partial charge on any atom is 0.142 e. The molecule has 1 fully saturated rings. The van der Waals surface area contributed by atoms with Gasteiger partial charge in [-0.2, -0.15) is 0 Å². The van der Waals surface area contributed by atoms with Gasteiger partial charge in [0.2, 0.25) is 0 Å². The highest BCUT2D eigenvalue weighted by molar-refractivity contribution is 5.29. The smallest absolute Gasteiger partial charge is 0.142 e. The largest absolute Gasteiger partial charge is 0.492 e. The number of pyridine rings is 1. The molecular weight excluding hydrogens is 214 g/mol. The lowest BCUT2D eigenvalue weighted by Crippen LogP contribution is -2.26. The van der Waals surface area contributed by atoms with Crippen molar-refractivity contribution in [2.75, 3.05) is 20.2 Å². The molecule has 0 aromatic carbocycles. The van der Waals surface area contributed by atoms with Crippen molar-refractivity contribution >= 4 is 0 Å². The molecule has 0 aliphatic carbocycles. The summed E-state index contributed by atoms with van der Waals surface area (Å²) in [5.74, 6) is 0.829. The summed E-state index contributed by atoms with van der Waals surface area (Å²) >= 11 is 0. The van der Waals surface area contributed by atoms with E-state index in [1.54, 1.807) is 12.4 Å². The number of nitrogens with zero attached hydrogens (tertiary/aromatic N) is 2. The lowest BCUT2D eigenvalue weighted by atomic mass is 10.1. The summed E-state index contributed by atoms with van der Waals surface area (Å²) in [7, 11) is 2.19. The third-order valence-corrected chi connectivity index (χ3v) is 3.47. The van der Waals surface area contributed by atoms with Gasteiger partial charge in [-0.15, -0.1) is 0 Å². The fourth-order valence-corrected chi connectivity index (χ4v) is 2.36. The molecular formula is C13H21N3O. The van der Waals surface area contributed by atoms with Crippen LogP contribution in [0.1, 0.15) is 24.8 Å². The van der Waals surface area contributed by atoms with Gasteiger partial charge in [0.1, 0.15) is 5.75 Å². The number of aromatic nitrogens is 1. The molecule has 2 heterocycles. The lowest BCUT2D eigenvalue weighted by molar-refractivity contribution is 0.232. The lowest BCUT2D eigenvalue weighted by Gasteiger charge is -2.19. The normalized spacial score (nSPS) is 20.7. The Hall–Kier alpha value is -1.13. The van der Waals surface area contributed by atoms with Crippen LogP contribution in [-0.4, -0.2) is 36.1 Å². The Kier molecular flexibility index (Phi) is 4.34. The zero-order valence-electron chi connectivity index (χ0n) is 10.4. The maximum atomic E-state index is 5.77. The number of hydrogen-bond donors (Lipinski definition) is 1.